The van der Waals surface area contributed by atoms with Crippen LogP contribution in [0.25, 0.3) is 0 Å². The Balaban J connectivity index is 2.71. The molecule has 0 heterocycles. The van der Waals surface area contributed by atoms with E-state index in [4.69, 9.17) is 0 Å². The quantitative estimate of drug-likeness (QED) is 0.814. The number of rotatable bonds is 4. The summed E-state index contributed by atoms with van der Waals surface area (Å²) in [5.41, 5.74) is 3.09. The Kier molecular flexibility index (Phi) is 4.55. The summed E-state index contributed by atoms with van der Waals surface area (Å²) in [6.07, 6.45) is 0. The van der Waals surface area contributed by atoms with Crippen LogP contribution in [0, 0.1) is 0 Å². The molecule has 0 aliphatic carbocycles. The minimum Gasteiger partial charge on any atom is -0.316 e. The highest BCUT2D eigenvalue weighted by Gasteiger charge is 2.13. The number of likely N-dealkylation sites (N-methyl/N-ethyl adjacent to an activating group) is 1. The lowest BCUT2D eigenvalue weighted by atomic mass is 9.86. The van der Waals surface area contributed by atoms with Crippen LogP contribution in [0.15, 0.2) is 24.3 Å². The first-order chi connectivity index (χ1) is 7.45. The van der Waals surface area contributed by atoms with Gasteiger partial charge in [0.25, 0.3) is 0 Å². The number of nitrogens with one attached hydrogen (secondary N) is 1. The molecule has 0 saturated heterocycles. The van der Waals surface area contributed by atoms with Gasteiger partial charge in [0.2, 0.25) is 0 Å². The SMILES string of the molecule is CCNCC(C)c1ccc(C(C)(C)C)cc1. The van der Waals surface area contributed by atoms with Crippen molar-refractivity contribution < 1.29 is 0 Å². The molecule has 0 amide bonds. The van der Waals surface area contributed by atoms with Gasteiger partial charge in [0.15, 0.2) is 0 Å². The van der Waals surface area contributed by atoms with Crippen LogP contribution < -0.4 is 5.32 Å². The van der Waals surface area contributed by atoms with E-state index in [9.17, 15) is 0 Å². The van der Waals surface area contributed by atoms with Gasteiger partial charge in [0.05, 0.1) is 0 Å². The summed E-state index contributed by atoms with van der Waals surface area (Å²) in [5, 5.41) is 3.39. The van der Waals surface area contributed by atoms with Crippen molar-refractivity contribution >= 4 is 0 Å². The molecule has 1 rings (SSSR count). The van der Waals surface area contributed by atoms with Gasteiger partial charge >= 0.3 is 0 Å². The number of benzene rings is 1. The van der Waals surface area contributed by atoms with Gasteiger partial charge in [-0.3, -0.25) is 0 Å². The van der Waals surface area contributed by atoms with Crippen molar-refractivity contribution in [1.82, 2.24) is 5.32 Å². The van der Waals surface area contributed by atoms with Crippen LogP contribution in [-0.4, -0.2) is 13.1 Å². The summed E-state index contributed by atoms with van der Waals surface area (Å²) in [5.74, 6) is 0.592. The summed E-state index contributed by atoms with van der Waals surface area (Å²) >= 11 is 0. The summed E-state index contributed by atoms with van der Waals surface area (Å²) in [4.78, 5) is 0. The minimum absolute atomic E-state index is 0.253. The molecule has 0 aliphatic heterocycles. The smallest absolute Gasteiger partial charge is 0.00173 e. The largest absolute Gasteiger partial charge is 0.316 e. The zero-order valence-corrected chi connectivity index (χ0v) is 11.3. The molecule has 0 bridgehead atoms. The fraction of sp³-hybridized carbons (Fsp3) is 0.600. The fourth-order valence-electron chi connectivity index (χ4n) is 1.79. The van der Waals surface area contributed by atoms with E-state index in [1.54, 1.807) is 0 Å². The van der Waals surface area contributed by atoms with Gasteiger partial charge in [-0.15, -0.1) is 0 Å². The Morgan fingerprint density at radius 3 is 2.12 bits per heavy atom. The van der Waals surface area contributed by atoms with Gasteiger partial charge in [0, 0.05) is 6.54 Å². The third-order valence-electron chi connectivity index (χ3n) is 3.05. The van der Waals surface area contributed by atoms with E-state index in [2.05, 4.69) is 64.2 Å². The molecule has 1 nitrogen and oxygen atoms in total. The van der Waals surface area contributed by atoms with Crippen molar-refractivity contribution in [3.63, 3.8) is 0 Å². The van der Waals surface area contributed by atoms with Crippen LogP contribution in [0.5, 0.6) is 0 Å². The lowest BCUT2D eigenvalue weighted by Crippen LogP contribution is -2.19. The molecule has 16 heavy (non-hydrogen) atoms. The molecule has 1 heteroatoms. The van der Waals surface area contributed by atoms with E-state index >= 15 is 0 Å². The summed E-state index contributed by atoms with van der Waals surface area (Å²) in [6, 6.07) is 9.06. The van der Waals surface area contributed by atoms with Crippen molar-refractivity contribution in [2.45, 2.75) is 46.0 Å². The zero-order chi connectivity index (χ0) is 12.2. The molecule has 0 aromatic heterocycles. The molecular weight excluding hydrogens is 194 g/mol. The highest BCUT2D eigenvalue weighted by atomic mass is 14.8. The predicted octanol–water partition coefficient (Wildman–Crippen LogP) is 3.70. The molecule has 1 aromatic carbocycles. The first-order valence-electron chi connectivity index (χ1n) is 6.26. The molecule has 1 N–H and O–H groups in total. The van der Waals surface area contributed by atoms with E-state index < -0.39 is 0 Å². The summed E-state index contributed by atoms with van der Waals surface area (Å²) < 4.78 is 0. The topological polar surface area (TPSA) is 12.0 Å². The molecule has 0 spiro atoms. The van der Waals surface area contributed by atoms with Crippen molar-refractivity contribution in [2.24, 2.45) is 0 Å². The van der Waals surface area contributed by atoms with E-state index in [-0.39, 0.29) is 5.41 Å². The van der Waals surface area contributed by atoms with Gasteiger partial charge in [-0.25, -0.2) is 0 Å². The molecule has 90 valence electrons. The fourth-order valence-corrected chi connectivity index (χ4v) is 1.79. The predicted molar refractivity (Wildman–Crippen MR) is 72.1 cm³/mol. The standard InChI is InChI=1S/C15H25N/c1-6-16-11-12(2)13-7-9-14(10-8-13)15(3,4)5/h7-10,12,16H,6,11H2,1-5H3. The molecule has 1 aromatic rings. The first-order valence-corrected chi connectivity index (χ1v) is 6.26. The van der Waals surface area contributed by atoms with Crippen LogP contribution in [0.2, 0.25) is 0 Å². The van der Waals surface area contributed by atoms with E-state index in [1.807, 2.05) is 0 Å². The Bertz CT molecular complexity index is 305. The summed E-state index contributed by atoms with van der Waals surface area (Å²) in [6.45, 7) is 13.3. The molecule has 0 fully saturated rings. The van der Waals surface area contributed by atoms with Crippen molar-refractivity contribution in [1.29, 1.82) is 0 Å². The van der Waals surface area contributed by atoms with Crippen LogP contribution in [-0.2, 0) is 5.41 Å². The number of hydrogen-bond acceptors (Lipinski definition) is 1. The van der Waals surface area contributed by atoms with E-state index in [0.29, 0.717) is 5.92 Å². The van der Waals surface area contributed by atoms with E-state index in [0.717, 1.165) is 13.1 Å². The molecule has 1 unspecified atom stereocenters. The highest BCUT2D eigenvalue weighted by molar-refractivity contribution is 5.29. The van der Waals surface area contributed by atoms with Crippen LogP contribution in [0.3, 0.4) is 0 Å². The number of hydrogen-bond donors (Lipinski definition) is 1. The van der Waals surface area contributed by atoms with Gasteiger partial charge < -0.3 is 5.32 Å². The Morgan fingerprint density at radius 2 is 1.69 bits per heavy atom. The first kappa shape index (κ1) is 13.2. The molecule has 0 aliphatic rings. The third kappa shape index (κ3) is 3.64. The molecule has 0 saturated carbocycles. The summed E-state index contributed by atoms with van der Waals surface area (Å²) in [7, 11) is 0. The van der Waals surface area contributed by atoms with Gasteiger partial charge in [-0.1, -0.05) is 58.9 Å². The second-order valence-corrected chi connectivity index (χ2v) is 5.58. The minimum atomic E-state index is 0.253. The molecule has 1 atom stereocenters. The maximum Gasteiger partial charge on any atom is 0.00173 e. The third-order valence-corrected chi connectivity index (χ3v) is 3.05. The normalized spacial score (nSPS) is 13.8. The average Bonchev–Trinajstić information content (AvgIpc) is 2.25. The second-order valence-electron chi connectivity index (χ2n) is 5.58. The van der Waals surface area contributed by atoms with Crippen molar-refractivity contribution in [2.75, 3.05) is 13.1 Å². The monoisotopic (exact) mass is 219 g/mol. The van der Waals surface area contributed by atoms with Crippen molar-refractivity contribution in [3.8, 4) is 0 Å². The van der Waals surface area contributed by atoms with Crippen LogP contribution >= 0.6 is 0 Å². The Hall–Kier alpha value is -0.820. The Labute approximate surface area is 100 Å². The lowest BCUT2D eigenvalue weighted by Gasteiger charge is -2.20. The van der Waals surface area contributed by atoms with Gasteiger partial charge in [-0.05, 0) is 29.0 Å². The highest BCUT2D eigenvalue weighted by Crippen LogP contribution is 2.24. The molecular formula is C15H25N. The lowest BCUT2D eigenvalue weighted by molar-refractivity contribution is 0.588. The average molecular weight is 219 g/mol. The van der Waals surface area contributed by atoms with Crippen molar-refractivity contribution in [3.05, 3.63) is 35.4 Å². The maximum atomic E-state index is 3.39. The van der Waals surface area contributed by atoms with E-state index in [1.165, 1.54) is 11.1 Å². The van der Waals surface area contributed by atoms with Crippen LogP contribution in [0.4, 0.5) is 0 Å². The van der Waals surface area contributed by atoms with Crippen LogP contribution in [0.1, 0.15) is 51.7 Å². The van der Waals surface area contributed by atoms with Gasteiger partial charge in [0.1, 0.15) is 0 Å². The zero-order valence-electron chi connectivity index (χ0n) is 11.3. The second kappa shape index (κ2) is 5.49. The van der Waals surface area contributed by atoms with Gasteiger partial charge in [-0.2, -0.15) is 0 Å². The Morgan fingerprint density at radius 1 is 1.12 bits per heavy atom. The maximum absolute atomic E-state index is 3.39. The molecule has 0 radical (unpaired) electrons.